The van der Waals surface area contributed by atoms with Gasteiger partial charge in [-0.05, 0) is 96.4 Å². The van der Waals surface area contributed by atoms with Crippen molar-refractivity contribution in [1.82, 2.24) is 9.13 Å². The number of hydrogen-bond donors (Lipinski definition) is 0. The molecule has 0 unspecified atom stereocenters. The summed E-state index contributed by atoms with van der Waals surface area (Å²) in [6, 6.07) is 62.9. The van der Waals surface area contributed by atoms with Gasteiger partial charge in [0, 0.05) is 50.0 Å². The van der Waals surface area contributed by atoms with Crippen LogP contribution in [0, 0.1) is 0 Å². The quantitative estimate of drug-likeness (QED) is 0.187. The zero-order valence-electron chi connectivity index (χ0n) is 27.0. The molecule has 10 aromatic rings. The lowest BCUT2D eigenvalue weighted by molar-refractivity contribution is 0.493. The van der Waals surface area contributed by atoms with Gasteiger partial charge in [0.25, 0.3) is 0 Å². The van der Waals surface area contributed by atoms with Gasteiger partial charge in [0.05, 0.1) is 27.5 Å². The third kappa shape index (κ3) is 3.81. The van der Waals surface area contributed by atoms with E-state index in [2.05, 4.69) is 190 Å². The van der Waals surface area contributed by atoms with Gasteiger partial charge in [0.15, 0.2) is 0 Å². The molecule has 11 rings (SSSR count). The zero-order valence-corrected chi connectivity index (χ0v) is 27.0. The van der Waals surface area contributed by atoms with Crippen molar-refractivity contribution in [3.05, 3.63) is 176 Å². The van der Waals surface area contributed by atoms with Crippen molar-refractivity contribution < 1.29 is 4.74 Å². The van der Waals surface area contributed by atoms with Gasteiger partial charge in [-0.1, -0.05) is 84.9 Å². The fourth-order valence-electron chi connectivity index (χ4n) is 8.16. The van der Waals surface area contributed by atoms with Crippen LogP contribution in [-0.2, 0) is 0 Å². The second kappa shape index (κ2) is 10.4. The van der Waals surface area contributed by atoms with Crippen LogP contribution in [0.3, 0.4) is 0 Å². The molecule has 0 saturated heterocycles. The zero-order chi connectivity index (χ0) is 32.8. The Morgan fingerprint density at radius 1 is 0.360 bits per heavy atom. The van der Waals surface area contributed by atoms with Crippen molar-refractivity contribution in [2.75, 3.05) is 4.90 Å². The van der Waals surface area contributed by atoms with E-state index >= 15 is 0 Å². The molecule has 1 aliphatic rings. The van der Waals surface area contributed by atoms with E-state index in [-0.39, 0.29) is 0 Å². The highest BCUT2D eigenvalue weighted by molar-refractivity contribution is 6.26. The Hall–Kier alpha value is -6.78. The molecule has 0 spiro atoms. The smallest absolute Gasteiger partial charge is 0.137 e. The van der Waals surface area contributed by atoms with E-state index in [1.165, 1.54) is 48.9 Å². The first-order chi connectivity index (χ1) is 24.8. The van der Waals surface area contributed by atoms with Crippen molar-refractivity contribution in [3.63, 3.8) is 0 Å². The number of hydrogen-bond acceptors (Lipinski definition) is 2. The van der Waals surface area contributed by atoms with Gasteiger partial charge in [-0.15, -0.1) is 0 Å². The van der Waals surface area contributed by atoms with E-state index in [9.17, 15) is 0 Å². The molecule has 50 heavy (non-hydrogen) atoms. The van der Waals surface area contributed by atoms with E-state index in [4.69, 9.17) is 4.74 Å². The van der Waals surface area contributed by atoms with Crippen LogP contribution >= 0.6 is 0 Å². The average molecular weight is 640 g/mol. The predicted octanol–water partition coefficient (Wildman–Crippen LogP) is 12.6. The van der Waals surface area contributed by atoms with Crippen LogP contribution in [0.5, 0.6) is 11.5 Å². The summed E-state index contributed by atoms with van der Waals surface area (Å²) in [7, 11) is 0. The summed E-state index contributed by atoms with van der Waals surface area (Å²) in [6.07, 6.45) is 0. The number of anilines is 3. The third-order valence-corrected chi connectivity index (χ3v) is 10.3. The number of aromatic nitrogens is 2. The minimum Gasteiger partial charge on any atom is -0.456 e. The van der Waals surface area contributed by atoms with Gasteiger partial charge in [0.1, 0.15) is 11.5 Å². The summed E-state index contributed by atoms with van der Waals surface area (Å²) in [5.74, 6) is 1.83. The Morgan fingerprint density at radius 2 is 0.960 bits per heavy atom. The summed E-state index contributed by atoms with van der Waals surface area (Å²) >= 11 is 0. The van der Waals surface area contributed by atoms with Crippen LogP contribution in [-0.4, -0.2) is 9.13 Å². The molecule has 2 aromatic heterocycles. The van der Waals surface area contributed by atoms with E-state index in [0.29, 0.717) is 0 Å². The Labute approximate surface area is 288 Å². The van der Waals surface area contributed by atoms with Gasteiger partial charge in [-0.25, -0.2) is 0 Å². The molecular formula is C46H29N3O. The summed E-state index contributed by atoms with van der Waals surface area (Å²) in [5.41, 5.74) is 10.2. The Kier molecular flexibility index (Phi) is 5.63. The molecule has 8 aromatic carbocycles. The van der Waals surface area contributed by atoms with Gasteiger partial charge in [-0.2, -0.15) is 0 Å². The van der Waals surface area contributed by atoms with Crippen molar-refractivity contribution in [3.8, 4) is 22.9 Å². The molecule has 3 heterocycles. The maximum atomic E-state index is 6.45. The Balaban J connectivity index is 1.10. The summed E-state index contributed by atoms with van der Waals surface area (Å²) in [5, 5.41) is 7.29. The van der Waals surface area contributed by atoms with Gasteiger partial charge < -0.3 is 18.8 Å². The van der Waals surface area contributed by atoms with E-state index in [1.807, 2.05) is 0 Å². The standard InChI is InChI=1S/C46H29N3O/c1-3-12-31(13-4-1)47(35-26-27-37-36-16-7-8-17-38(36)48(41(37)29-35)32-14-5-2-6-15-32)33-22-24-34(25-23-33)49-39-18-10-20-43-45(39)46-40(49)28-21-30-11-9-19-42(50-43)44(30)46/h1-29H. The average Bonchev–Trinajstić information content (AvgIpc) is 3.70. The van der Waals surface area contributed by atoms with Crippen LogP contribution in [0.1, 0.15) is 0 Å². The van der Waals surface area contributed by atoms with Crippen LogP contribution in [0.15, 0.2) is 176 Å². The van der Waals surface area contributed by atoms with Crippen molar-refractivity contribution >= 4 is 71.4 Å². The van der Waals surface area contributed by atoms with Crippen LogP contribution in [0.25, 0.3) is 65.8 Å². The largest absolute Gasteiger partial charge is 0.456 e. The lowest BCUT2D eigenvalue weighted by Crippen LogP contribution is -2.10. The number of nitrogens with zero attached hydrogens (tertiary/aromatic N) is 3. The van der Waals surface area contributed by atoms with E-state index < -0.39 is 0 Å². The van der Waals surface area contributed by atoms with Gasteiger partial charge in [0.2, 0.25) is 0 Å². The van der Waals surface area contributed by atoms with Crippen molar-refractivity contribution in [1.29, 1.82) is 0 Å². The third-order valence-electron chi connectivity index (χ3n) is 10.3. The number of rotatable bonds is 5. The summed E-state index contributed by atoms with van der Waals surface area (Å²) in [6.45, 7) is 0. The molecule has 0 amide bonds. The van der Waals surface area contributed by atoms with Crippen molar-refractivity contribution in [2.24, 2.45) is 0 Å². The highest BCUT2D eigenvalue weighted by Gasteiger charge is 2.24. The predicted molar refractivity (Wildman–Crippen MR) is 207 cm³/mol. The molecule has 0 fully saturated rings. The first-order valence-electron chi connectivity index (χ1n) is 17.0. The van der Waals surface area contributed by atoms with E-state index in [0.717, 1.165) is 45.5 Å². The highest BCUT2D eigenvalue weighted by atomic mass is 16.5. The fraction of sp³-hybridized carbons (Fsp3) is 0. The topological polar surface area (TPSA) is 22.3 Å². The summed E-state index contributed by atoms with van der Waals surface area (Å²) < 4.78 is 11.2. The van der Waals surface area contributed by atoms with Crippen molar-refractivity contribution in [2.45, 2.75) is 0 Å². The fourth-order valence-corrected chi connectivity index (χ4v) is 8.16. The van der Waals surface area contributed by atoms with E-state index in [1.54, 1.807) is 0 Å². The highest BCUT2D eigenvalue weighted by Crippen LogP contribution is 2.49. The number of para-hydroxylation sites is 3. The second-order valence-electron chi connectivity index (χ2n) is 13.0. The molecule has 0 aliphatic carbocycles. The van der Waals surface area contributed by atoms with Crippen LogP contribution in [0.2, 0.25) is 0 Å². The monoisotopic (exact) mass is 639 g/mol. The summed E-state index contributed by atoms with van der Waals surface area (Å²) in [4.78, 5) is 2.35. The SMILES string of the molecule is c1ccc(N(c2ccc(-n3c4cccc5c4c4c6c(cccc6ccc43)O5)cc2)c2ccc3c4ccccc4n(-c4ccccc4)c3c2)cc1. The lowest BCUT2D eigenvalue weighted by Gasteiger charge is -2.26. The Bertz CT molecular complexity index is 2940. The molecule has 1 aliphatic heterocycles. The number of ether oxygens (including phenoxy) is 1. The normalized spacial score (nSPS) is 12.2. The first kappa shape index (κ1) is 27.2. The second-order valence-corrected chi connectivity index (χ2v) is 13.0. The Morgan fingerprint density at radius 3 is 1.80 bits per heavy atom. The molecule has 0 atom stereocenters. The van der Waals surface area contributed by atoms with Crippen LogP contribution < -0.4 is 9.64 Å². The molecule has 0 radical (unpaired) electrons. The minimum atomic E-state index is 0.910. The molecule has 0 saturated carbocycles. The number of benzene rings is 8. The number of fused-ring (bicyclic) bond motifs is 3. The molecule has 0 bridgehead atoms. The molecule has 4 heteroatoms. The molecule has 4 nitrogen and oxygen atoms in total. The van der Waals surface area contributed by atoms with Gasteiger partial charge >= 0.3 is 0 Å². The minimum absolute atomic E-state index is 0.910. The van der Waals surface area contributed by atoms with Crippen LogP contribution in [0.4, 0.5) is 17.1 Å². The lowest BCUT2D eigenvalue weighted by atomic mass is 10.0. The van der Waals surface area contributed by atoms with Gasteiger partial charge in [-0.3, -0.25) is 0 Å². The first-order valence-corrected chi connectivity index (χ1v) is 17.0. The maximum Gasteiger partial charge on any atom is 0.137 e. The molecule has 0 N–H and O–H groups in total. The molecular weight excluding hydrogens is 611 g/mol. The molecule has 234 valence electrons. The maximum absolute atomic E-state index is 6.45.